The van der Waals surface area contributed by atoms with E-state index >= 15 is 0 Å². The largest absolute Gasteiger partial charge is 0.387 e. The van der Waals surface area contributed by atoms with E-state index in [4.69, 9.17) is 4.74 Å². The number of aliphatic hydroxyl groups is 1. The highest BCUT2D eigenvalue weighted by atomic mass is 32.1. The molecule has 1 saturated heterocycles. The fourth-order valence-electron chi connectivity index (χ4n) is 3.73. The zero-order chi connectivity index (χ0) is 20.8. The molecule has 0 radical (unpaired) electrons. The van der Waals surface area contributed by atoms with Crippen molar-refractivity contribution in [1.82, 2.24) is 15.2 Å². The van der Waals surface area contributed by atoms with Gasteiger partial charge in [-0.1, -0.05) is 30.3 Å². The van der Waals surface area contributed by atoms with Crippen molar-refractivity contribution in [3.63, 3.8) is 0 Å². The first kappa shape index (κ1) is 20.5. The Bertz CT molecular complexity index is 949. The molecule has 0 bridgehead atoms. The number of urea groups is 1. The maximum absolute atomic E-state index is 13.0. The summed E-state index contributed by atoms with van der Waals surface area (Å²) in [6.45, 7) is 1.88. The molecule has 0 saturated carbocycles. The topological polar surface area (TPSA) is 74.7 Å². The van der Waals surface area contributed by atoms with Crippen LogP contribution in [0.25, 0.3) is 11.1 Å². The van der Waals surface area contributed by atoms with E-state index < -0.39 is 6.10 Å². The standard InChI is InChI=1S/C23H25N3O3S/c27-21(22-6-3-13-30-22)14-19-16-29-12-11-26(19)23(28)25-15-18-4-1-2-5-20(18)17-7-9-24-10-8-17/h1-10,13,19,21,27H,11-12,14-16H2,(H,25,28). The minimum absolute atomic E-state index is 0.133. The Kier molecular flexibility index (Phi) is 6.74. The molecule has 6 nitrogen and oxygen atoms in total. The third-order valence-corrected chi connectivity index (χ3v) is 6.27. The molecule has 1 aliphatic heterocycles. The Morgan fingerprint density at radius 2 is 2.07 bits per heavy atom. The maximum atomic E-state index is 13.0. The van der Waals surface area contributed by atoms with Crippen LogP contribution in [-0.2, 0) is 11.3 Å². The van der Waals surface area contributed by atoms with Gasteiger partial charge in [0.15, 0.2) is 0 Å². The lowest BCUT2D eigenvalue weighted by Crippen LogP contribution is -2.52. The smallest absolute Gasteiger partial charge is 0.318 e. The van der Waals surface area contributed by atoms with Crippen molar-refractivity contribution in [2.24, 2.45) is 0 Å². The number of ether oxygens (including phenoxy) is 1. The number of carbonyl (C=O) groups is 1. The predicted molar refractivity (Wildman–Crippen MR) is 117 cm³/mol. The van der Waals surface area contributed by atoms with Crippen LogP contribution in [0.3, 0.4) is 0 Å². The predicted octanol–water partition coefficient (Wildman–Crippen LogP) is 3.84. The van der Waals surface area contributed by atoms with E-state index in [1.54, 1.807) is 17.3 Å². The van der Waals surface area contributed by atoms with Gasteiger partial charge in [-0.25, -0.2) is 4.79 Å². The molecule has 2 unspecified atom stereocenters. The van der Waals surface area contributed by atoms with Crippen molar-refractivity contribution in [1.29, 1.82) is 0 Å². The average molecular weight is 424 g/mol. The Hall–Kier alpha value is -2.74. The number of rotatable bonds is 6. The van der Waals surface area contributed by atoms with E-state index in [2.05, 4.69) is 10.3 Å². The zero-order valence-corrected chi connectivity index (χ0v) is 17.4. The summed E-state index contributed by atoms with van der Waals surface area (Å²) in [5.41, 5.74) is 3.19. The van der Waals surface area contributed by atoms with E-state index in [0.29, 0.717) is 32.7 Å². The van der Waals surface area contributed by atoms with Gasteiger partial charge < -0.3 is 20.1 Å². The number of hydrogen-bond donors (Lipinski definition) is 2. The van der Waals surface area contributed by atoms with E-state index in [0.717, 1.165) is 21.6 Å². The molecule has 2 aromatic heterocycles. The second kappa shape index (κ2) is 9.84. The summed E-state index contributed by atoms with van der Waals surface area (Å²) < 4.78 is 5.59. The van der Waals surface area contributed by atoms with E-state index in [9.17, 15) is 9.90 Å². The molecule has 0 spiro atoms. The first-order chi connectivity index (χ1) is 14.7. The SMILES string of the molecule is O=C(NCc1ccccc1-c1ccncc1)N1CCOCC1CC(O)c1cccs1. The van der Waals surface area contributed by atoms with Gasteiger partial charge in [0.05, 0.1) is 25.4 Å². The van der Waals surface area contributed by atoms with Gasteiger partial charge >= 0.3 is 6.03 Å². The number of nitrogens with zero attached hydrogens (tertiary/aromatic N) is 2. The second-order valence-corrected chi connectivity index (χ2v) is 8.22. The minimum Gasteiger partial charge on any atom is -0.387 e. The molecule has 2 amide bonds. The first-order valence-corrected chi connectivity index (χ1v) is 10.9. The second-order valence-electron chi connectivity index (χ2n) is 7.24. The molecule has 3 heterocycles. The maximum Gasteiger partial charge on any atom is 0.318 e. The van der Waals surface area contributed by atoms with Gasteiger partial charge in [-0.3, -0.25) is 4.98 Å². The number of aliphatic hydroxyl groups excluding tert-OH is 1. The van der Waals surface area contributed by atoms with Gasteiger partial charge in [0, 0.05) is 36.8 Å². The summed E-state index contributed by atoms with van der Waals surface area (Å²) in [5.74, 6) is 0. The summed E-state index contributed by atoms with van der Waals surface area (Å²) >= 11 is 1.52. The van der Waals surface area contributed by atoms with Crippen molar-refractivity contribution in [2.75, 3.05) is 19.8 Å². The fourth-order valence-corrected chi connectivity index (χ4v) is 4.46. The number of hydrogen-bond acceptors (Lipinski definition) is 5. The number of aromatic nitrogens is 1. The number of pyridine rings is 1. The van der Waals surface area contributed by atoms with Crippen LogP contribution in [0.2, 0.25) is 0 Å². The van der Waals surface area contributed by atoms with Crippen molar-refractivity contribution in [2.45, 2.75) is 25.1 Å². The number of morpholine rings is 1. The number of nitrogens with one attached hydrogen (secondary N) is 1. The number of thiophene rings is 1. The highest BCUT2D eigenvalue weighted by Crippen LogP contribution is 2.26. The molecule has 7 heteroatoms. The van der Waals surface area contributed by atoms with Crippen molar-refractivity contribution < 1.29 is 14.6 Å². The molecular weight excluding hydrogens is 398 g/mol. The molecule has 30 heavy (non-hydrogen) atoms. The van der Waals surface area contributed by atoms with Crippen LogP contribution in [0.15, 0.2) is 66.3 Å². The van der Waals surface area contributed by atoms with Gasteiger partial charge in [0.2, 0.25) is 0 Å². The average Bonchev–Trinajstić information content (AvgIpc) is 3.34. The summed E-state index contributed by atoms with van der Waals surface area (Å²) in [6, 6.07) is 15.5. The highest BCUT2D eigenvalue weighted by Gasteiger charge is 2.29. The molecule has 4 rings (SSSR count). The van der Waals surface area contributed by atoms with Gasteiger partial charge in [0.1, 0.15) is 0 Å². The third kappa shape index (κ3) is 4.87. The monoisotopic (exact) mass is 423 g/mol. The van der Waals surface area contributed by atoms with Gasteiger partial charge in [-0.05, 0) is 40.3 Å². The van der Waals surface area contributed by atoms with Gasteiger partial charge in [-0.2, -0.15) is 0 Å². The lowest BCUT2D eigenvalue weighted by molar-refractivity contribution is -0.00654. The van der Waals surface area contributed by atoms with E-state index in [-0.39, 0.29) is 12.1 Å². The Morgan fingerprint density at radius 1 is 1.23 bits per heavy atom. The molecule has 2 N–H and O–H groups in total. The number of benzene rings is 1. The van der Waals surface area contributed by atoms with Crippen LogP contribution >= 0.6 is 11.3 Å². The molecule has 1 fully saturated rings. The van der Waals surface area contributed by atoms with Gasteiger partial charge in [-0.15, -0.1) is 11.3 Å². The lowest BCUT2D eigenvalue weighted by Gasteiger charge is -2.36. The van der Waals surface area contributed by atoms with Crippen molar-refractivity contribution in [3.8, 4) is 11.1 Å². The normalized spacial score (nSPS) is 17.5. The molecule has 1 aliphatic rings. The van der Waals surface area contributed by atoms with Crippen LogP contribution in [0.1, 0.15) is 23.0 Å². The minimum atomic E-state index is -0.598. The highest BCUT2D eigenvalue weighted by molar-refractivity contribution is 7.10. The molecule has 2 atom stereocenters. The van der Waals surface area contributed by atoms with Crippen molar-refractivity contribution in [3.05, 3.63) is 76.7 Å². The Labute approximate surface area is 180 Å². The fraction of sp³-hybridized carbons (Fsp3) is 0.304. The summed E-state index contributed by atoms with van der Waals surface area (Å²) in [7, 11) is 0. The van der Waals surface area contributed by atoms with Crippen LogP contribution in [0.5, 0.6) is 0 Å². The van der Waals surface area contributed by atoms with Crippen LogP contribution in [0, 0.1) is 0 Å². The molecule has 3 aromatic rings. The number of amides is 2. The van der Waals surface area contributed by atoms with Crippen LogP contribution in [-0.4, -0.2) is 46.8 Å². The quantitative estimate of drug-likeness (QED) is 0.632. The molecule has 156 valence electrons. The van der Waals surface area contributed by atoms with E-state index in [1.807, 2.05) is 53.9 Å². The lowest BCUT2D eigenvalue weighted by atomic mass is 10.0. The molecule has 1 aromatic carbocycles. The van der Waals surface area contributed by atoms with Crippen molar-refractivity contribution >= 4 is 17.4 Å². The first-order valence-electron chi connectivity index (χ1n) is 10.0. The molecule has 0 aliphatic carbocycles. The Balaban J connectivity index is 1.42. The van der Waals surface area contributed by atoms with Gasteiger partial charge in [0.25, 0.3) is 0 Å². The summed E-state index contributed by atoms with van der Waals surface area (Å²) in [5, 5.41) is 15.5. The summed E-state index contributed by atoms with van der Waals surface area (Å²) in [6.07, 6.45) is 3.39. The van der Waals surface area contributed by atoms with E-state index in [1.165, 1.54) is 11.3 Å². The molecular formula is C23H25N3O3S. The number of carbonyl (C=O) groups excluding carboxylic acids is 1. The zero-order valence-electron chi connectivity index (χ0n) is 16.6. The van der Waals surface area contributed by atoms with Crippen LogP contribution < -0.4 is 5.32 Å². The van der Waals surface area contributed by atoms with Crippen LogP contribution in [0.4, 0.5) is 4.79 Å². The third-order valence-electron chi connectivity index (χ3n) is 5.29. The summed E-state index contributed by atoms with van der Waals surface area (Å²) in [4.78, 5) is 19.7. The Morgan fingerprint density at radius 3 is 2.87 bits per heavy atom.